The van der Waals surface area contributed by atoms with Crippen molar-refractivity contribution in [3.05, 3.63) is 58.0 Å². The third-order valence-corrected chi connectivity index (χ3v) is 4.71. The third-order valence-electron chi connectivity index (χ3n) is 3.54. The van der Waals surface area contributed by atoms with Crippen LogP contribution in [0.15, 0.2) is 52.4 Å². The number of aliphatic carboxylic acids is 1. The van der Waals surface area contributed by atoms with Gasteiger partial charge in [-0.3, -0.25) is 4.79 Å². The number of amidine groups is 1. The van der Waals surface area contributed by atoms with Crippen LogP contribution in [0.25, 0.3) is 6.08 Å². The Morgan fingerprint density at radius 2 is 2.00 bits per heavy atom. The molecule has 0 spiro atoms. The van der Waals surface area contributed by atoms with Crippen LogP contribution in [0.3, 0.4) is 0 Å². The second-order valence-electron chi connectivity index (χ2n) is 5.55. The van der Waals surface area contributed by atoms with Crippen LogP contribution in [-0.2, 0) is 9.59 Å². The number of amides is 1. The minimum absolute atomic E-state index is 0.261. The molecule has 0 saturated carbocycles. The fourth-order valence-corrected chi connectivity index (χ4v) is 3.27. The molecule has 2 N–H and O–H groups in total. The van der Waals surface area contributed by atoms with Gasteiger partial charge in [-0.25, -0.2) is 9.79 Å². The molecule has 1 saturated heterocycles. The highest BCUT2D eigenvalue weighted by atomic mass is 35.5. The van der Waals surface area contributed by atoms with Crippen molar-refractivity contribution in [1.29, 1.82) is 0 Å². The Hall–Kier alpha value is -2.97. The van der Waals surface area contributed by atoms with E-state index in [4.69, 9.17) is 26.2 Å². The number of nitrogens with one attached hydrogen (secondary N) is 1. The summed E-state index contributed by atoms with van der Waals surface area (Å²) in [6.45, 7) is -0.473. The zero-order chi connectivity index (χ0) is 20.1. The van der Waals surface area contributed by atoms with E-state index in [-0.39, 0.29) is 5.91 Å². The van der Waals surface area contributed by atoms with Crippen LogP contribution in [0.1, 0.15) is 5.56 Å². The van der Waals surface area contributed by atoms with Gasteiger partial charge in [-0.05, 0) is 59.8 Å². The van der Waals surface area contributed by atoms with Crippen molar-refractivity contribution in [3.8, 4) is 11.5 Å². The van der Waals surface area contributed by atoms with Crippen molar-refractivity contribution in [3.63, 3.8) is 0 Å². The van der Waals surface area contributed by atoms with Crippen LogP contribution < -0.4 is 14.8 Å². The zero-order valence-electron chi connectivity index (χ0n) is 14.6. The van der Waals surface area contributed by atoms with Gasteiger partial charge >= 0.3 is 5.97 Å². The topological polar surface area (TPSA) is 97.2 Å². The molecule has 2 aromatic rings. The first-order valence-electron chi connectivity index (χ1n) is 8.02. The van der Waals surface area contributed by atoms with Crippen LogP contribution in [0.5, 0.6) is 11.5 Å². The highest BCUT2D eigenvalue weighted by Crippen LogP contribution is 2.32. The molecule has 1 fully saturated rings. The highest BCUT2D eigenvalue weighted by Gasteiger charge is 2.24. The van der Waals surface area contributed by atoms with E-state index < -0.39 is 12.6 Å². The van der Waals surface area contributed by atoms with Crippen LogP contribution in [0.4, 0.5) is 5.69 Å². The minimum Gasteiger partial charge on any atom is -0.493 e. The van der Waals surface area contributed by atoms with Gasteiger partial charge in [0.2, 0.25) is 0 Å². The lowest BCUT2D eigenvalue weighted by molar-refractivity contribution is -0.139. The number of carbonyl (C=O) groups excluding carboxylic acids is 1. The van der Waals surface area contributed by atoms with Gasteiger partial charge < -0.3 is 19.9 Å². The molecule has 1 heterocycles. The third kappa shape index (κ3) is 5.05. The largest absolute Gasteiger partial charge is 0.493 e. The van der Waals surface area contributed by atoms with Crippen molar-refractivity contribution in [2.75, 3.05) is 13.7 Å². The fraction of sp³-hybridized carbons (Fsp3) is 0.105. The molecular formula is C19H15ClN2O5S. The summed E-state index contributed by atoms with van der Waals surface area (Å²) < 4.78 is 10.4. The molecule has 1 amide bonds. The highest BCUT2D eigenvalue weighted by molar-refractivity contribution is 8.18. The van der Waals surface area contributed by atoms with Gasteiger partial charge in [0.1, 0.15) is 0 Å². The first-order valence-corrected chi connectivity index (χ1v) is 9.22. The molecule has 1 aliphatic rings. The summed E-state index contributed by atoms with van der Waals surface area (Å²) in [6, 6.07) is 11.9. The Bertz CT molecular complexity index is 973. The minimum atomic E-state index is -1.08. The normalized spacial score (nSPS) is 16.3. The number of ether oxygens (including phenoxy) is 2. The van der Waals surface area contributed by atoms with Gasteiger partial charge in [-0.15, -0.1) is 0 Å². The lowest BCUT2D eigenvalue weighted by atomic mass is 10.2. The maximum atomic E-state index is 12.2. The number of benzene rings is 2. The number of carbonyl (C=O) groups is 2. The Morgan fingerprint density at radius 3 is 2.68 bits per heavy atom. The molecule has 2 aromatic carbocycles. The first kappa shape index (κ1) is 19.8. The van der Waals surface area contributed by atoms with Crippen molar-refractivity contribution in [1.82, 2.24) is 5.32 Å². The van der Waals surface area contributed by atoms with E-state index in [0.717, 1.165) is 0 Å². The van der Waals surface area contributed by atoms with E-state index in [1.54, 1.807) is 48.5 Å². The summed E-state index contributed by atoms with van der Waals surface area (Å²) >= 11 is 7.07. The second-order valence-corrected chi connectivity index (χ2v) is 7.02. The maximum Gasteiger partial charge on any atom is 0.341 e. The number of nitrogens with zero attached hydrogens (tertiary/aromatic N) is 1. The molecule has 9 heteroatoms. The summed E-state index contributed by atoms with van der Waals surface area (Å²) in [4.78, 5) is 27.7. The Balaban J connectivity index is 1.78. The number of hydrogen-bond acceptors (Lipinski definition) is 6. The first-order chi connectivity index (χ1) is 13.4. The number of methoxy groups -OCH3 is 1. The Kier molecular flexibility index (Phi) is 6.23. The van der Waals surface area contributed by atoms with Gasteiger partial charge in [0.25, 0.3) is 5.91 Å². The van der Waals surface area contributed by atoms with Crippen LogP contribution >= 0.6 is 23.4 Å². The smallest absolute Gasteiger partial charge is 0.341 e. The van der Waals surface area contributed by atoms with Gasteiger partial charge in [0, 0.05) is 5.02 Å². The van der Waals surface area contributed by atoms with Crippen molar-refractivity contribution >= 4 is 52.2 Å². The molecule has 7 nitrogen and oxygen atoms in total. The average molecular weight is 419 g/mol. The Labute approximate surface area is 170 Å². The van der Waals surface area contributed by atoms with Gasteiger partial charge in [0.15, 0.2) is 23.3 Å². The molecule has 28 heavy (non-hydrogen) atoms. The lowest BCUT2D eigenvalue weighted by Crippen LogP contribution is -2.19. The molecular weight excluding hydrogens is 404 g/mol. The van der Waals surface area contributed by atoms with E-state index in [1.807, 2.05) is 0 Å². The fourth-order valence-electron chi connectivity index (χ4n) is 2.30. The number of aliphatic imine (C=N–C) groups is 1. The quantitative estimate of drug-likeness (QED) is 0.694. The molecule has 144 valence electrons. The van der Waals surface area contributed by atoms with E-state index in [2.05, 4.69) is 10.3 Å². The van der Waals surface area contributed by atoms with E-state index in [9.17, 15) is 9.59 Å². The average Bonchev–Trinajstić information content (AvgIpc) is 3.01. The van der Waals surface area contributed by atoms with Crippen molar-refractivity contribution in [2.45, 2.75) is 0 Å². The molecule has 0 unspecified atom stereocenters. The maximum absolute atomic E-state index is 12.2. The van der Waals surface area contributed by atoms with Crippen molar-refractivity contribution < 1.29 is 24.2 Å². The zero-order valence-corrected chi connectivity index (χ0v) is 16.2. The van der Waals surface area contributed by atoms with E-state index in [1.165, 1.54) is 18.9 Å². The number of thioether (sulfide) groups is 1. The molecule has 0 aromatic heterocycles. The summed E-state index contributed by atoms with van der Waals surface area (Å²) in [6.07, 6.45) is 1.69. The molecule has 0 bridgehead atoms. The van der Waals surface area contributed by atoms with Gasteiger partial charge in [-0.1, -0.05) is 17.7 Å². The Morgan fingerprint density at radius 1 is 1.25 bits per heavy atom. The summed E-state index contributed by atoms with van der Waals surface area (Å²) in [7, 11) is 1.45. The second kappa shape index (κ2) is 8.81. The van der Waals surface area contributed by atoms with Crippen LogP contribution in [-0.4, -0.2) is 35.9 Å². The molecule has 1 aliphatic heterocycles. The standard InChI is InChI=1S/C19H15ClN2O5S/c1-26-15-8-11(2-7-14(15)27-10-17(23)24)9-16-18(25)22-19(28-16)21-13-5-3-12(20)4-6-13/h2-9H,10H2,1H3,(H,23,24)(H,21,22,25)/b16-9+. The number of carboxylic acids is 1. The van der Waals surface area contributed by atoms with Crippen LogP contribution in [0.2, 0.25) is 5.02 Å². The number of carboxylic acid groups (broad SMARTS) is 1. The number of rotatable bonds is 6. The lowest BCUT2D eigenvalue weighted by Gasteiger charge is -2.09. The molecule has 0 aliphatic carbocycles. The van der Waals surface area contributed by atoms with Crippen molar-refractivity contribution in [2.24, 2.45) is 4.99 Å². The number of hydrogen-bond donors (Lipinski definition) is 2. The van der Waals surface area contributed by atoms with E-state index in [0.29, 0.717) is 37.8 Å². The number of halogens is 1. The van der Waals surface area contributed by atoms with E-state index >= 15 is 0 Å². The predicted octanol–water partition coefficient (Wildman–Crippen LogP) is 3.70. The summed E-state index contributed by atoms with van der Waals surface area (Å²) in [5.74, 6) is -0.669. The molecule has 0 atom stereocenters. The molecule has 0 radical (unpaired) electrons. The monoisotopic (exact) mass is 418 g/mol. The van der Waals surface area contributed by atoms with Gasteiger partial charge in [0.05, 0.1) is 17.7 Å². The predicted molar refractivity (Wildman–Crippen MR) is 108 cm³/mol. The van der Waals surface area contributed by atoms with Gasteiger partial charge in [-0.2, -0.15) is 0 Å². The summed E-state index contributed by atoms with van der Waals surface area (Å²) in [5.41, 5.74) is 1.37. The SMILES string of the molecule is COc1cc(/C=C2/SC(=Nc3ccc(Cl)cc3)NC2=O)ccc1OCC(=O)O. The summed E-state index contributed by atoms with van der Waals surface area (Å²) in [5, 5.41) is 12.5. The van der Waals surface area contributed by atoms with Crippen LogP contribution in [0, 0.1) is 0 Å². The molecule has 3 rings (SSSR count).